The van der Waals surface area contributed by atoms with Crippen LogP contribution in [0.4, 0.5) is 0 Å². The van der Waals surface area contributed by atoms with E-state index in [1.807, 2.05) is 28.1 Å². The zero-order chi connectivity index (χ0) is 30.7. The molecule has 1 N–H and O–H groups in total. The third-order valence-electron chi connectivity index (χ3n) is 5.87. The molecule has 2 atom stereocenters. The van der Waals surface area contributed by atoms with Crippen molar-refractivity contribution in [1.29, 1.82) is 0 Å². The van der Waals surface area contributed by atoms with Gasteiger partial charge in [-0.2, -0.15) is 0 Å². The van der Waals surface area contributed by atoms with Crippen LogP contribution in [0.15, 0.2) is 48.6 Å². The van der Waals surface area contributed by atoms with E-state index in [0.29, 0.717) is 24.1 Å². The van der Waals surface area contributed by atoms with Crippen LogP contribution < -0.4 is 0 Å². The summed E-state index contributed by atoms with van der Waals surface area (Å²) in [6.45, 7) is 5.05. The smallest absolute Gasteiger partial charge is 0.457 e. The molecule has 0 aromatic carbocycles. The number of unbranched alkanes of at least 4 members (excludes halogenated alkanes) is 5. The minimum Gasteiger partial charge on any atom is -0.457 e. The number of esters is 1. The van der Waals surface area contributed by atoms with Crippen molar-refractivity contribution in [2.45, 2.75) is 97.0 Å². The second-order valence-electron chi connectivity index (χ2n) is 11.1. The lowest BCUT2D eigenvalue weighted by molar-refractivity contribution is -0.870. The molecule has 2 unspecified atom stereocenters. The average molecular weight is 601 g/mol. The van der Waals surface area contributed by atoms with Crippen molar-refractivity contribution in [1.82, 2.24) is 0 Å². The highest BCUT2D eigenvalue weighted by atomic mass is 31.2. The van der Waals surface area contributed by atoms with Crippen molar-refractivity contribution in [3.05, 3.63) is 48.6 Å². The van der Waals surface area contributed by atoms with E-state index >= 15 is 0 Å². The maximum atomic E-state index is 12.2. The zero-order valence-corrected chi connectivity index (χ0v) is 27.4. The van der Waals surface area contributed by atoms with Gasteiger partial charge in [0, 0.05) is 13.0 Å². The van der Waals surface area contributed by atoms with Gasteiger partial charge in [-0.15, -0.1) is 0 Å². The van der Waals surface area contributed by atoms with E-state index in [9.17, 15) is 14.3 Å². The number of nitrogens with zero attached hydrogens (tertiary/aromatic N) is 1. The van der Waals surface area contributed by atoms with E-state index in [1.165, 1.54) is 12.8 Å². The summed E-state index contributed by atoms with van der Waals surface area (Å²) in [5.41, 5.74) is 0. The first-order valence-corrected chi connectivity index (χ1v) is 16.9. The first-order valence-electron chi connectivity index (χ1n) is 15.4. The van der Waals surface area contributed by atoms with Gasteiger partial charge in [-0.25, -0.2) is 4.57 Å². The van der Waals surface area contributed by atoms with Gasteiger partial charge in [-0.3, -0.25) is 13.8 Å². The number of likely N-dealkylation sites (N-methyl/N-ethyl adjacent to an activating group) is 1. The predicted octanol–water partition coefficient (Wildman–Crippen LogP) is 7.70. The highest BCUT2D eigenvalue weighted by Crippen LogP contribution is 2.43. The highest BCUT2D eigenvalue weighted by Gasteiger charge is 2.26. The Kier molecular flexibility index (Phi) is 25.1. The van der Waals surface area contributed by atoms with Crippen LogP contribution in [-0.2, 0) is 27.9 Å². The Bertz CT molecular complexity index is 802. The standard InChI is InChI=1S/C32H58NO7P/c1-6-8-9-10-11-12-13-14-15-16-17-18-19-20-21-22-23-24-27-37-29-31(40-32(34)25-7-2)30-39-41(35,36)38-28-26-33(3,4)5/h8-9,11-12,14-15,17-18,31H,6-7,10,13,16,19-30H2,1-5H3/p+1/b9-8-,12-11-,15-14-,18-17-. The largest absolute Gasteiger partial charge is 0.472 e. The van der Waals surface area contributed by atoms with Gasteiger partial charge in [0.15, 0.2) is 0 Å². The summed E-state index contributed by atoms with van der Waals surface area (Å²) in [5, 5.41) is 0. The fourth-order valence-electron chi connectivity index (χ4n) is 3.52. The number of carbonyl (C=O) groups is 1. The minimum atomic E-state index is -4.24. The molecular weight excluding hydrogens is 541 g/mol. The average Bonchev–Trinajstić information content (AvgIpc) is 2.89. The predicted molar refractivity (Wildman–Crippen MR) is 169 cm³/mol. The normalized spacial score (nSPS) is 15.0. The van der Waals surface area contributed by atoms with Crippen LogP contribution in [0.3, 0.4) is 0 Å². The Morgan fingerprint density at radius 1 is 0.780 bits per heavy atom. The molecule has 0 fully saturated rings. The Morgan fingerprint density at radius 3 is 1.98 bits per heavy atom. The molecule has 0 heterocycles. The fraction of sp³-hybridized carbons (Fsp3) is 0.719. The summed E-state index contributed by atoms with van der Waals surface area (Å²) >= 11 is 0. The molecule has 8 nitrogen and oxygen atoms in total. The molecule has 41 heavy (non-hydrogen) atoms. The van der Waals surface area contributed by atoms with E-state index in [4.69, 9.17) is 18.5 Å². The van der Waals surface area contributed by atoms with Gasteiger partial charge < -0.3 is 18.9 Å². The van der Waals surface area contributed by atoms with Gasteiger partial charge >= 0.3 is 13.8 Å². The first-order chi connectivity index (χ1) is 19.6. The lowest BCUT2D eigenvalue weighted by atomic mass is 10.1. The Balaban J connectivity index is 4.01. The number of hydrogen-bond donors (Lipinski definition) is 1. The van der Waals surface area contributed by atoms with E-state index < -0.39 is 13.9 Å². The van der Waals surface area contributed by atoms with Crippen LogP contribution in [-0.4, -0.2) is 75.6 Å². The van der Waals surface area contributed by atoms with Gasteiger partial charge in [0.2, 0.25) is 0 Å². The highest BCUT2D eigenvalue weighted by molar-refractivity contribution is 7.47. The molecule has 0 aromatic rings. The number of hydrogen-bond acceptors (Lipinski definition) is 6. The van der Waals surface area contributed by atoms with Crippen LogP contribution in [0.5, 0.6) is 0 Å². The van der Waals surface area contributed by atoms with Crippen molar-refractivity contribution in [2.75, 3.05) is 54.1 Å². The molecule has 238 valence electrons. The topological polar surface area (TPSA) is 91.3 Å². The van der Waals surface area contributed by atoms with E-state index in [2.05, 4.69) is 55.5 Å². The molecule has 0 spiro atoms. The van der Waals surface area contributed by atoms with E-state index in [0.717, 1.165) is 51.4 Å². The Labute approximate surface area is 250 Å². The molecular formula is C32H59NO7P+. The maximum Gasteiger partial charge on any atom is 0.472 e. The van der Waals surface area contributed by atoms with Gasteiger partial charge in [-0.1, -0.05) is 81.7 Å². The molecule has 0 radical (unpaired) electrons. The quantitative estimate of drug-likeness (QED) is 0.0340. The molecule has 0 saturated carbocycles. The summed E-state index contributed by atoms with van der Waals surface area (Å²) in [6, 6.07) is 0. The lowest BCUT2D eigenvalue weighted by Crippen LogP contribution is -2.37. The molecule has 0 aliphatic rings. The van der Waals surface area contributed by atoms with Crippen LogP contribution >= 0.6 is 7.82 Å². The van der Waals surface area contributed by atoms with Crippen molar-refractivity contribution >= 4 is 13.8 Å². The van der Waals surface area contributed by atoms with Gasteiger partial charge in [0.05, 0.1) is 34.4 Å². The van der Waals surface area contributed by atoms with Crippen LogP contribution in [0.25, 0.3) is 0 Å². The summed E-state index contributed by atoms with van der Waals surface area (Å²) in [7, 11) is 1.63. The molecule has 0 aliphatic heterocycles. The number of rotatable bonds is 27. The third-order valence-corrected chi connectivity index (χ3v) is 6.86. The monoisotopic (exact) mass is 600 g/mol. The number of ether oxygens (including phenoxy) is 2. The van der Waals surface area contributed by atoms with Crippen molar-refractivity contribution in [3.63, 3.8) is 0 Å². The van der Waals surface area contributed by atoms with Gasteiger partial charge in [0.1, 0.15) is 19.3 Å². The molecule has 9 heteroatoms. The molecule has 0 aromatic heterocycles. The molecule has 0 rings (SSSR count). The van der Waals surface area contributed by atoms with Gasteiger partial charge in [-0.05, 0) is 51.4 Å². The molecule has 0 saturated heterocycles. The van der Waals surface area contributed by atoms with Crippen LogP contribution in [0.2, 0.25) is 0 Å². The van der Waals surface area contributed by atoms with Crippen LogP contribution in [0.1, 0.15) is 90.9 Å². The SMILES string of the molecule is CC/C=C\C/C=C\C/C=C\C/C=C\CCCCCCCOCC(COP(=O)(O)OCC[N+](C)(C)C)OC(=O)CCC. The minimum absolute atomic E-state index is 0.0809. The lowest BCUT2D eigenvalue weighted by Gasteiger charge is -2.24. The Morgan fingerprint density at radius 2 is 1.37 bits per heavy atom. The number of carbonyl (C=O) groups excluding carboxylic acids is 1. The second-order valence-corrected chi connectivity index (χ2v) is 12.6. The van der Waals surface area contributed by atoms with E-state index in [-0.39, 0.29) is 32.2 Å². The molecule has 0 amide bonds. The molecule has 0 bridgehead atoms. The van der Waals surface area contributed by atoms with Crippen LogP contribution in [0, 0.1) is 0 Å². The van der Waals surface area contributed by atoms with E-state index in [1.54, 1.807) is 0 Å². The number of allylic oxidation sites excluding steroid dienone is 8. The summed E-state index contributed by atoms with van der Waals surface area (Å²) in [4.78, 5) is 21.9. The van der Waals surface area contributed by atoms with Crippen molar-refractivity contribution in [3.8, 4) is 0 Å². The third kappa shape index (κ3) is 29.7. The summed E-state index contributed by atoms with van der Waals surface area (Å²) < 4.78 is 34.0. The second kappa shape index (κ2) is 26.1. The number of phosphoric ester groups is 1. The first kappa shape index (κ1) is 39.5. The molecule has 0 aliphatic carbocycles. The van der Waals surface area contributed by atoms with Crippen molar-refractivity contribution in [2.24, 2.45) is 0 Å². The Hall–Kier alpha value is -1.54. The van der Waals surface area contributed by atoms with Crippen molar-refractivity contribution < 1.29 is 37.3 Å². The number of quaternary nitrogens is 1. The fourth-order valence-corrected chi connectivity index (χ4v) is 4.26. The summed E-state index contributed by atoms with van der Waals surface area (Å²) in [5.74, 6) is -0.378. The number of phosphoric acid groups is 1. The zero-order valence-electron chi connectivity index (χ0n) is 26.5. The van der Waals surface area contributed by atoms with Gasteiger partial charge in [0.25, 0.3) is 0 Å². The summed E-state index contributed by atoms with van der Waals surface area (Å²) in [6.07, 6.45) is 28.6. The maximum absolute atomic E-state index is 12.2.